The number of aliphatic hydroxyl groups excluding tert-OH is 2. The van der Waals surface area contributed by atoms with Gasteiger partial charge in [0.1, 0.15) is 6.10 Å². The van der Waals surface area contributed by atoms with Crippen molar-refractivity contribution < 1.29 is 10.2 Å². The van der Waals surface area contributed by atoms with Crippen molar-refractivity contribution in [3.8, 4) is 6.07 Å². The Balaban J connectivity index is 2.97. The van der Waals surface area contributed by atoms with Crippen molar-refractivity contribution in [1.82, 2.24) is 0 Å². The van der Waals surface area contributed by atoms with Crippen LogP contribution in [0.4, 0.5) is 0 Å². The number of hydrogen-bond donors (Lipinski definition) is 3. The first-order chi connectivity index (χ1) is 7.20. The number of nitrogens with two attached hydrogens (primary N) is 1. The minimum Gasteiger partial charge on any atom is -0.389 e. The molecule has 0 aliphatic heterocycles. The predicted molar refractivity (Wildman–Crippen MR) is 55.8 cm³/mol. The summed E-state index contributed by atoms with van der Waals surface area (Å²) >= 11 is 0. The lowest BCUT2D eigenvalue weighted by Crippen LogP contribution is -2.27. The second-order valence-corrected chi connectivity index (χ2v) is 3.28. The normalized spacial score (nSPS) is 14.3. The molecule has 80 valence electrons. The van der Waals surface area contributed by atoms with Crippen molar-refractivity contribution in [2.45, 2.75) is 18.6 Å². The van der Waals surface area contributed by atoms with E-state index in [0.29, 0.717) is 5.56 Å². The van der Waals surface area contributed by atoms with Crippen molar-refractivity contribution in [2.75, 3.05) is 6.54 Å². The zero-order chi connectivity index (χ0) is 11.3. The van der Waals surface area contributed by atoms with Gasteiger partial charge in [0.15, 0.2) is 0 Å². The molecular weight excluding hydrogens is 192 g/mol. The van der Waals surface area contributed by atoms with Crippen molar-refractivity contribution in [3.63, 3.8) is 0 Å². The molecule has 4 nitrogen and oxygen atoms in total. The summed E-state index contributed by atoms with van der Waals surface area (Å²) in [5.74, 6) is 0. The molecule has 0 amide bonds. The van der Waals surface area contributed by atoms with Crippen LogP contribution in [-0.4, -0.2) is 22.9 Å². The van der Waals surface area contributed by atoms with Gasteiger partial charge in [-0.05, 0) is 11.1 Å². The summed E-state index contributed by atoms with van der Waals surface area (Å²) in [6, 6.07) is 9.00. The molecule has 0 aliphatic carbocycles. The molecule has 1 rings (SSSR count). The molecule has 1 aromatic rings. The van der Waals surface area contributed by atoms with Gasteiger partial charge in [-0.3, -0.25) is 0 Å². The Labute approximate surface area is 88.6 Å². The fraction of sp³-hybridized carbons (Fsp3) is 0.364. The van der Waals surface area contributed by atoms with Gasteiger partial charge in [-0.25, -0.2) is 0 Å². The van der Waals surface area contributed by atoms with E-state index in [-0.39, 0.29) is 13.0 Å². The third-order valence-corrected chi connectivity index (χ3v) is 2.25. The van der Waals surface area contributed by atoms with Crippen LogP contribution in [-0.2, 0) is 6.42 Å². The van der Waals surface area contributed by atoms with Crippen molar-refractivity contribution in [2.24, 2.45) is 5.73 Å². The quantitative estimate of drug-likeness (QED) is 0.652. The molecule has 2 atom stereocenters. The van der Waals surface area contributed by atoms with E-state index in [1.54, 1.807) is 24.3 Å². The van der Waals surface area contributed by atoms with Crippen molar-refractivity contribution in [3.05, 3.63) is 35.4 Å². The van der Waals surface area contributed by atoms with Crippen molar-refractivity contribution >= 4 is 0 Å². The number of nitrogens with zero attached hydrogens (tertiary/aromatic N) is 1. The van der Waals surface area contributed by atoms with Gasteiger partial charge in [0, 0.05) is 6.54 Å². The van der Waals surface area contributed by atoms with Crippen LogP contribution in [0.3, 0.4) is 0 Å². The lowest BCUT2D eigenvalue weighted by molar-refractivity contribution is 0.0239. The predicted octanol–water partition coefficient (Wildman–Crippen LogP) is 0.106. The van der Waals surface area contributed by atoms with Gasteiger partial charge < -0.3 is 15.9 Å². The number of rotatable bonds is 4. The highest BCUT2D eigenvalue weighted by atomic mass is 16.3. The molecule has 2 unspecified atom stereocenters. The number of aliphatic hydroxyl groups is 2. The van der Waals surface area contributed by atoms with Gasteiger partial charge in [0.05, 0.1) is 18.6 Å². The molecule has 0 saturated carbocycles. The molecule has 0 aliphatic rings. The third kappa shape index (κ3) is 2.77. The van der Waals surface area contributed by atoms with E-state index in [2.05, 4.69) is 0 Å². The van der Waals surface area contributed by atoms with Gasteiger partial charge in [-0.1, -0.05) is 24.3 Å². The maximum Gasteiger partial charge on any atom is 0.106 e. The second-order valence-electron chi connectivity index (χ2n) is 3.28. The minimum absolute atomic E-state index is 0.0119. The highest BCUT2D eigenvalue weighted by Crippen LogP contribution is 2.21. The first-order valence-electron chi connectivity index (χ1n) is 4.71. The molecule has 1 aromatic carbocycles. The first kappa shape index (κ1) is 11.7. The van der Waals surface area contributed by atoms with Crippen LogP contribution in [0.1, 0.15) is 17.2 Å². The van der Waals surface area contributed by atoms with Crippen molar-refractivity contribution in [1.29, 1.82) is 5.26 Å². The van der Waals surface area contributed by atoms with Crippen LogP contribution in [0, 0.1) is 11.3 Å². The van der Waals surface area contributed by atoms with Gasteiger partial charge in [-0.2, -0.15) is 5.26 Å². The Morgan fingerprint density at radius 1 is 1.33 bits per heavy atom. The topological polar surface area (TPSA) is 90.3 Å². The van der Waals surface area contributed by atoms with Crippen LogP contribution in [0.15, 0.2) is 24.3 Å². The Morgan fingerprint density at radius 2 is 2.00 bits per heavy atom. The number of hydrogen-bond acceptors (Lipinski definition) is 4. The minimum atomic E-state index is -1.03. The highest BCUT2D eigenvalue weighted by Gasteiger charge is 2.19. The maximum atomic E-state index is 9.76. The molecule has 0 spiro atoms. The fourth-order valence-electron chi connectivity index (χ4n) is 1.41. The van der Waals surface area contributed by atoms with E-state index in [1.807, 2.05) is 6.07 Å². The summed E-state index contributed by atoms with van der Waals surface area (Å²) in [6.45, 7) is -0.0119. The van der Waals surface area contributed by atoms with E-state index >= 15 is 0 Å². The van der Waals surface area contributed by atoms with Gasteiger partial charge >= 0.3 is 0 Å². The zero-order valence-electron chi connectivity index (χ0n) is 8.30. The van der Waals surface area contributed by atoms with Crippen LogP contribution in [0.5, 0.6) is 0 Å². The summed E-state index contributed by atoms with van der Waals surface area (Å²) in [7, 11) is 0. The Bertz CT molecular complexity index is 360. The Kier molecular flexibility index (Phi) is 4.25. The molecule has 0 bridgehead atoms. The highest BCUT2D eigenvalue weighted by molar-refractivity contribution is 5.31. The summed E-state index contributed by atoms with van der Waals surface area (Å²) in [5, 5.41) is 27.8. The summed E-state index contributed by atoms with van der Waals surface area (Å²) < 4.78 is 0. The summed E-state index contributed by atoms with van der Waals surface area (Å²) in [4.78, 5) is 0. The van der Waals surface area contributed by atoms with Crippen LogP contribution >= 0.6 is 0 Å². The van der Waals surface area contributed by atoms with E-state index in [1.165, 1.54) is 0 Å². The Hall–Kier alpha value is -1.41. The van der Waals surface area contributed by atoms with E-state index < -0.39 is 12.2 Å². The molecular formula is C11H14N2O2. The van der Waals surface area contributed by atoms with Crippen LogP contribution < -0.4 is 5.73 Å². The average Bonchev–Trinajstić information content (AvgIpc) is 2.28. The molecule has 0 heterocycles. The largest absolute Gasteiger partial charge is 0.389 e. The van der Waals surface area contributed by atoms with Gasteiger partial charge in [0.2, 0.25) is 0 Å². The zero-order valence-corrected chi connectivity index (χ0v) is 8.30. The lowest BCUT2D eigenvalue weighted by atomic mass is 9.97. The molecule has 0 radical (unpaired) electrons. The van der Waals surface area contributed by atoms with Crippen LogP contribution in [0.2, 0.25) is 0 Å². The Morgan fingerprint density at radius 3 is 2.60 bits per heavy atom. The smallest absolute Gasteiger partial charge is 0.106 e. The molecule has 0 saturated heterocycles. The number of benzene rings is 1. The fourth-order valence-corrected chi connectivity index (χ4v) is 1.41. The number of nitriles is 1. The van der Waals surface area contributed by atoms with Gasteiger partial charge in [-0.15, -0.1) is 0 Å². The molecule has 15 heavy (non-hydrogen) atoms. The SMILES string of the molecule is N#CCc1ccccc1C(O)C(O)CN. The molecule has 0 aromatic heterocycles. The maximum absolute atomic E-state index is 9.76. The van der Waals surface area contributed by atoms with E-state index in [0.717, 1.165) is 5.56 Å². The third-order valence-electron chi connectivity index (χ3n) is 2.25. The van der Waals surface area contributed by atoms with E-state index in [9.17, 15) is 10.2 Å². The lowest BCUT2D eigenvalue weighted by Gasteiger charge is -2.18. The monoisotopic (exact) mass is 206 g/mol. The summed E-state index contributed by atoms with van der Waals surface area (Å²) in [5.41, 5.74) is 6.55. The molecule has 0 fully saturated rings. The van der Waals surface area contributed by atoms with E-state index in [4.69, 9.17) is 11.0 Å². The second kappa shape index (κ2) is 5.47. The average molecular weight is 206 g/mol. The first-order valence-corrected chi connectivity index (χ1v) is 4.71. The molecule has 4 heteroatoms. The summed E-state index contributed by atoms with van der Waals surface area (Å²) in [6.07, 6.45) is -1.81. The van der Waals surface area contributed by atoms with Gasteiger partial charge in [0.25, 0.3) is 0 Å². The van der Waals surface area contributed by atoms with Crippen LogP contribution in [0.25, 0.3) is 0 Å². The standard InChI is InChI=1S/C11H14N2O2/c12-6-5-8-3-1-2-4-9(8)11(15)10(14)7-13/h1-4,10-11,14-15H,5,7,13H2. The molecule has 4 N–H and O–H groups in total.